The lowest BCUT2D eigenvalue weighted by atomic mass is 9.60. The average Bonchev–Trinajstić information content (AvgIpc) is 3.37. The van der Waals surface area contributed by atoms with E-state index in [0.29, 0.717) is 5.82 Å². The molecule has 2 aliphatic heterocycles. The lowest BCUT2D eigenvalue weighted by molar-refractivity contribution is 0.434. The minimum absolute atomic E-state index is 0.657. The van der Waals surface area contributed by atoms with E-state index in [4.69, 9.17) is 14.7 Å². The van der Waals surface area contributed by atoms with Crippen molar-refractivity contribution in [3.8, 4) is 67.7 Å². The van der Waals surface area contributed by atoms with E-state index in [1.54, 1.807) is 0 Å². The van der Waals surface area contributed by atoms with Gasteiger partial charge < -0.3 is 9.64 Å². The fraction of sp³-hybridized carbons (Fsp3) is 0.0169. The maximum atomic E-state index is 6.82. The molecule has 0 unspecified atom stereocenters. The van der Waals surface area contributed by atoms with Crippen LogP contribution >= 0.6 is 0 Å². The molecule has 0 saturated carbocycles. The van der Waals surface area contributed by atoms with Gasteiger partial charge >= 0.3 is 0 Å². The Morgan fingerprint density at radius 1 is 0.317 bits per heavy atom. The quantitative estimate of drug-likeness (QED) is 0.168. The number of aromatic nitrogens is 2. The molecule has 0 N–H and O–H groups in total. The molecule has 296 valence electrons. The van der Waals surface area contributed by atoms with Crippen molar-refractivity contribution in [1.29, 1.82) is 0 Å². The Hall–Kier alpha value is -8.34. The fourth-order valence-electron chi connectivity index (χ4n) is 9.66. The highest BCUT2D eigenvalue weighted by molar-refractivity contribution is 5.93. The summed E-state index contributed by atoms with van der Waals surface area (Å²) in [5.41, 5.74) is 16.2. The van der Waals surface area contributed by atoms with Crippen molar-refractivity contribution in [2.45, 2.75) is 5.41 Å². The van der Waals surface area contributed by atoms with Crippen LogP contribution in [0.15, 0.2) is 237 Å². The Morgan fingerprint density at radius 3 is 1.24 bits per heavy atom. The number of nitrogens with zero attached hydrogens (tertiary/aromatic N) is 3. The maximum Gasteiger partial charge on any atom is 0.160 e. The van der Waals surface area contributed by atoms with Gasteiger partial charge in [0.05, 0.1) is 28.2 Å². The van der Waals surface area contributed by atoms with E-state index in [9.17, 15) is 0 Å². The van der Waals surface area contributed by atoms with E-state index in [2.05, 4.69) is 229 Å². The third-order valence-corrected chi connectivity index (χ3v) is 12.5. The predicted molar refractivity (Wildman–Crippen MR) is 256 cm³/mol. The van der Waals surface area contributed by atoms with Crippen molar-refractivity contribution in [3.05, 3.63) is 259 Å². The summed E-state index contributed by atoms with van der Waals surface area (Å²) in [6, 6.07) is 83.9. The predicted octanol–water partition coefficient (Wildman–Crippen LogP) is 15.1. The highest BCUT2D eigenvalue weighted by Gasteiger charge is 2.51. The summed E-state index contributed by atoms with van der Waals surface area (Å²) in [4.78, 5) is 13.1. The monoisotopic (exact) mass is 805 g/mol. The number of rotatable bonds is 6. The van der Waals surface area contributed by atoms with Crippen LogP contribution in [-0.2, 0) is 5.41 Å². The first-order valence-corrected chi connectivity index (χ1v) is 21.4. The number of hydrogen-bond donors (Lipinski definition) is 0. The molecule has 2 aliphatic rings. The van der Waals surface area contributed by atoms with E-state index in [-0.39, 0.29) is 0 Å². The minimum atomic E-state index is -0.795. The molecular formula is C59H39N3O. The summed E-state index contributed by atoms with van der Waals surface area (Å²) in [5, 5.41) is 0. The third kappa shape index (κ3) is 6.07. The third-order valence-electron chi connectivity index (χ3n) is 12.5. The van der Waals surface area contributed by atoms with Gasteiger partial charge in [-0.25, -0.2) is 9.97 Å². The zero-order chi connectivity index (χ0) is 41.7. The largest absolute Gasteiger partial charge is 0.457 e. The van der Waals surface area contributed by atoms with Crippen LogP contribution < -0.4 is 9.64 Å². The molecule has 0 radical (unpaired) electrons. The van der Waals surface area contributed by atoms with Crippen molar-refractivity contribution in [3.63, 3.8) is 0 Å². The topological polar surface area (TPSA) is 38.2 Å². The van der Waals surface area contributed by atoms with Crippen molar-refractivity contribution in [2.75, 3.05) is 4.90 Å². The van der Waals surface area contributed by atoms with Crippen LogP contribution in [0.25, 0.3) is 56.2 Å². The van der Waals surface area contributed by atoms with Crippen molar-refractivity contribution in [1.82, 2.24) is 9.97 Å². The van der Waals surface area contributed by atoms with Gasteiger partial charge in [-0.05, 0) is 94.0 Å². The smallest absolute Gasteiger partial charge is 0.160 e. The fourth-order valence-corrected chi connectivity index (χ4v) is 9.66. The van der Waals surface area contributed by atoms with E-state index in [0.717, 1.165) is 90.0 Å². The van der Waals surface area contributed by atoms with Gasteiger partial charge in [-0.3, -0.25) is 0 Å². The molecule has 0 fully saturated rings. The zero-order valence-electron chi connectivity index (χ0n) is 34.3. The first kappa shape index (κ1) is 36.5. The molecule has 0 bridgehead atoms. The molecule has 1 aromatic heterocycles. The minimum Gasteiger partial charge on any atom is -0.457 e. The molecule has 0 amide bonds. The van der Waals surface area contributed by atoms with Crippen LogP contribution in [0.5, 0.6) is 11.5 Å². The number of anilines is 3. The van der Waals surface area contributed by atoms with E-state index >= 15 is 0 Å². The van der Waals surface area contributed by atoms with Crippen LogP contribution in [0, 0.1) is 0 Å². The highest BCUT2D eigenvalue weighted by Crippen LogP contribution is 2.63. The number of hydrogen-bond acceptors (Lipinski definition) is 4. The van der Waals surface area contributed by atoms with Crippen LogP contribution in [0.1, 0.15) is 22.3 Å². The van der Waals surface area contributed by atoms with Crippen LogP contribution in [0.4, 0.5) is 17.1 Å². The van der Waals surface area contributed by atoms with Crippen molar-refractivity contribution >= 4 is 17.1 Å². The van der Waals surface area contributed by atoms with Gasteiger partial charge in [-0.15, -0.1) is 0 Å². The zero-order valence-corrected chi connectivity index (χ0v) is 34.3. The number of benzene rings is 9. The van der Waals surface area contributed by atoms with Gasteiger partial charge in [-0.2, -0.15) is 0 Å². The second-order valence-electron chi connectivity index (χ2n) is 16.1. The Morgan fingerprint density at radius 2 is 0.714 bits per heavy atom. The molecule has 1 spiro atoms. The lowest BCUT2D eigenvalue weighted by Crippen LogP contribution is -2.39. The normalized spacial score (nSPS) is 13.0. The van der Waals surface area contributed by atoms with E-state index < -0.39 is 5.41 Å². The van der Waals surface area contributed by atoms with Gasteiger partial charge in [0.25, 0.3) is 0 Å². The van der Waals surface area contributed by atoms with Gasteiger partial charge in [0.2, 0.25) is 0 Å². The average molecular weight is 806 g/mol. The second-order valence-corrected chi connectivity index (χ2v) is 16.1. The standard InChI is InChI=1S/C59H39N3O/c1-5-17-40(18-6-1)42-29-33-47(34-30-42)62-54-35-31-45(41-19-7-2-8-20-41)37-50(54)59(48-25-13-15-27-56(48)63-57-28-16-14-26-49(57)59)51-38-46(32-36-55(51)62)58-60-52(43-21-9-3-10-22-43)39-53(61-58)44-23-11-4-12-24-44/h1-39H. The molecule has 12 rings (SSSR count). The van der Waals surface area contributed by atoms with Crippen LogP contribution in [0.3, 0.4) is 0 Å². The van der Waals surface area contributed by atoms with Gasteiger partial charge in [0.1, 0.15) is 11.5 Å². The Kier molecular flexibility index (Phi) is 8.68. The molecule has 10 aromatic rings. The summed E-state index contributed by atoms with van der Waals surface area (Å²) in [6.07, 6.45) is 0. The first-order valence-electron chi connectivity index (χ1n) is 21.4. The molecule has 3 heterocycles. The van der Waals surface area contributed by atoms with E-state index in [1.165, 1.54) is 11.1 Å². The Bertz CT molecular complexity index is 3190. The molecular weight excluding hydrogens is 767 g/mol. The molecule has 0 atom stereocenters. The Balaban J connectivity index is 1.17. The van der Waals surface area contributed by atoms with Crippen LogP contribution in [0.2, 0.25) is 0 Å². The summed E-state index contributed by atoms with van der Waals surface area (Å²) in [5.74, 6) is 2.32. The molecule has 63 heavy (non-hydrogen) atoms. The number of fused-ring (bicyclic) bond motifs is 8. The van der Waals surface area contributed by atoms with Gasteiger partial charge in [-0.1, -0.05) is 176 Å². The highest BCUT2D eigenvalue weighted by atomic mass is 16.5. The first-order chi connectivity index (χ1) is 31.2. The number of ether oxygens (including phenoxy) is 1. The lowest BCUT2D eigenvalue weighted by Gasteiger charge is -2.49. The van der Waals surface area contributed by atoms with Crippen molar-refractivity contribution in [2.24, 2.45) is 0 Å². The molecule has 0 saturated heterocycles. The maximum absolute atomic E-state index is 6.82. The number of para-hydroxylation sites is 2. The molecule has 4 nitrogen and oxygen atoms in total. The molecule has 4 heteroatoms. The summed E-state index contributed by atoms with van der Waals surface area (Å²) in [6.45, 7) is 0. The van der Waals surface area contributed by atoms with E-state index in [1.807, 2.05) is 12.1 Å². The van der Waals surface area contributed by atoms with Gasteiger partial charge in [0.15, 0.2) is 5.82 Å². The van der Waals surface area contributed by atoms with Gasteiger partial charge in [0, 0.05) is 33.5 Å². The summed E-state index contributed by atoms with van der Waals surface area (Å²) < 4.78 is 6.82. The SMILES string of the molecule is c1ccc(-c2ccc(N3c4ccc(-c5ccccc5)cc4C4(c5ccccc5Oc5ccccc54)c4cc(-c5nc(-c6ccccc6)cc(-c6ccccc6)n5)ccc43)cc2)cc1. The molecule has 0 aliphatic carbocycles. The van der Waals surface area contributed by atoms with Crippen molar-refractivity contribution < 1.29 is 4.74 Å². The second kappa shape index (κ2) is 15.0. The summed E-state index contributed by atoms with van der Waals surface area (Å²) in [7, 11) is 0. The molecule has 9 aromatic carbocycles. The van der Waals surface area contributed by atoms with Crippen LogP contribution in [-0.4, -0.2) is 9.97 Å². The Labute approximate surface area is 367 Å². The summed E-state index contributed by atoms with van der Waals surface area (Å²) >= 11 is 0.